The molecule has 1 amide bonds. The van der Waals surface area contributed by atoms with E-state index in [1.807, 2.05) is 62.6 Å². The number of carbonyl (C=O) groups excluding carboxylic acids is 2. The third-order valence-electron chi connectivity index (χ3n) is 7.97. The lowest BCUT2D eigenvalue weighted by atomic mass is 9.88. The number of carbonyl (C=O) groups is 2. The molecule has 5 nitrogen and oxygen atoms in total. The molecule has 0 saturated heterocycles. The largest absolute Gasteiger partial charge is 0.469 e. The minimum absolute atomic E-state index is 0.0236. The summed E-state index contributed by atoms with van der Waals surface area (Å²) in [5.41, 5.74) is 5.85. The van der Waals surface area contributed by atoms with Crippen molar-refractivity contribution in [1.29, 1.82) is 0 Å². The normalized spacial score (nSPS) is 20.2. The predicted molar refractivity (Wildman–Crippen MR) is 153 cm³/mol. The van der Waals surface area contributed by atoms with Gasteiger partial charge in [-0.2, -0.15) is 0 Å². The smallest absolute Gasteiger partial charge is 0.309 e. The summed E-state index contributed by atoms with van der Waals surface area (Å²) >= 11 is 0. The van der Waals surface area contributed by atoms with E-state index in [9.17, 15) is 11.0 Å². The van der Waals surface area contributed by atoms with Gasteiger partial charge in [-0.05, 0) is 71.7 Å². The molecule has 0 spiro atoms. The van der Waals surface area contributed by atoms with Gasteiger partial charge in [-0.15, -0.1) is 0 Å². The summed E-state index contributed by atoms with van der Waals surface area (Å²) in [5, 5.41) is 0. The van der Waals surface area contributed by atoms with Crippen LogP contribution in [0.3, 0.4) is 0 Å². The Morgan fingerprint density at radius 3 is 2.18 bits per heavy atom. The van der Waals surface area contributed by atoms with Crippen LogP contribution in [0, 0.1) is 11.8 Å². The Balaban J connectivity index is 1.42. The molecule has 198 valence electrons. The highest BCUT2D eigenvalue weighted by molar-refractivity contribution is 5.95. The van der Waals surface area contributed by atoms with Crippen LogP contribution in [0.15, 0.2) is 72.8 Å². The minimum atomic E-state index is -0.865. The van der Waals surface area contributed by atoms with E-state index in [1.165, 1.54) is 7.11 Å². The molecular weight excluding hydrogens is 472 g/mol. The van der Waals surface area contributed by atoms with Crippen LogP contribution in [0.2, 0.25) is 0 Å². The number of methoxy groups -OCH3 is 1. The number of hydrogen-bond acceptors (Lipinski definition) is 4. The van der Waals surface area contributed by atoms with E-state index >= 15 is 0 Å². The van der Waals surface area contributed by atoms with Crippen molar-refractivity contribution in [1.82, 2.24) is 0 Å². The van der Waals surface area contributed by atoms with Crippen LogP contribution in [0.1, 0.15) is 56.9 Å². The molecule has 0 N–H and O–H groups in total. The zero-order valence-corrected chi connectivity index (χ0v) is 22.6. The molecule has 0 aliphatic heterocycles. The van der Waals surface area contributed by atoms with Gasteiger partial charge in [0, 0.05) is 31.4 Å². The predicted octanol–water partition coefficient (Wildman–Crippen LogP) is 6.81. The van der Waals surface area contributed by atoms with Crippen molar-refractivity contribution in [3.63, 3.8) is 0 Å². The summed E-state index contributed by atoms with van der Waals surface area (Å²) in [5.74, 6) is -0.246. The average Bonchev–Trinajstić information content (AvgIpc) is 3.79. The summed E-state index contributed by atoms with van der Waals surface area (Å²) in [4.78, 5) is 29.7. The molecule has 0 heterocycles. The molecule has 2 unspecified atom stereocenters. The van der Waals surface area contributed by atoms with Crippen LogP contribution in [0.4, 0.5) is 11.4 Å². The van der Waals surface area contributed by atoms with Crippen molar-refractivity contribution in [2.45, 2.75) is 51.0 Å². The third kappa shape index (κ3) is 5.77. The maximum absolute atomic E-state index is 13.9. The van der Waals surface area contributed by atoms with E-state index in [4.69, 9.17) is 4.74 Å². The first-order valence-electron chi connectivity index (χ1n) is 14.3. The quantitative estimate of drug-likeness (QED) is 0.312. The van der Waals surface area contributed by atoms with Crippen LogP contribution < -0.4 is 9.80 Å². The fourth-order valence-electron chi connectivity index (χ4n) is 5.55. The Labute approximate surface area is 227 Å². The van der Waals surface area contributed by atoms with Crippen molar-refractivity contribution in [3.8, 4) is 11.1 Å². The summed E-state index contributed by atoms with van der Waals surface area (Å²) in [6.07, 6.45) is 5.77. The summed E-state index contributed by atoms with van der Waals surface area (Å²) in [6.45, 7) is -0.865. The SMILES string of the molecule is [2H]C(c1ccc(-c2ccc(N(C)C)cc2)cc1)N(C(=O)C1CCCCC1)c1cccc(C2C[C@H]2C(=O)OC)c1. The first-order valence-corrected chi connectivity index (χ1v) is 13.7. The average molecular weight is 512 g/mol. The lowest BCUT2D eigenvalue weighted by Crippen LogP contribution is -2.36. The zero-order chi connectivity index (χ0) is 27.5. The minimum Gasteiger partial charge on any atom is -0.469 e. The topological polar surface area (TPSA) is 49.9 Å². The maximum Gasteiger partial charge on any atom is 0.309 e. The van der Waals surface area contributed by atoms with Crippen molar-refractivity contribution in [3.05, 3.63) is 83.9 Å². The molecule has 3 aromatic carbocycles. The molecule has 5 rings (SSSR count). The Morgan fingerprint density at radius 2 is 1.55 bits per heavy atom. The molecule has 2 aliphatic rings. The van der Waals surface area contributed by atoms with E-state index in [1.54, 1.807) is 4.90 Å². The van der Waals surface area contributed by atoms with Crippen molar-refractivity contribution in [2.24, 2.45) is 11.8 Å². The van der Waals surface area contributed by atoms with Gasteiger partial charge in [-0.25, -0.2) is 0 Å². The Morgan fingerprint density at radius 1 is 0.895 bits per heavy atom. The van der Waals surface area contributed by atoms with Gasteiger partial charge < -0.3 is 14.5 Å². The van der Waals surface area contributed by atoms with Crippen LogP contribution in [0.25, 0.3) is 11.1 Å². The third-order valence-corrected chi connectivity index (χ3v) is 7.97. The molecule has 2 fully saturated rings. The van der Waals surface area contributed by atoms with Gasteiger partial charge in [0.2, 0.25) is 5.91 Å². The van der Waals surface area contributed by atoms with E-state index in [2.05, 4.69) is 29.2 Å². The van der Waals surface area contributed by atoms with Crippen molar-refractivity contribution >= 4 is 23.3 Å². The molecule has 2 saturated carbocycles. The highest BCUT2D eigenvalue weighted by Gasteiger charge is 2.45. The Hall–Kier alpha value is -3.60. The monoisotopic (exact) mass is 511 g/mol. The molecule has 3 aromatic rings. The maximum atomic E-state index is 13.9. The van der Waals surface area contributed by atoms with Gasteiger partial charge in [0.15, 0.2) is 0 Å². The Kier molecular flexibility index (Phi) is 7.43. The number of rotatable bonds is 8. The molecule has 0 aromatic heterocycles. The van der Waals surface area contributed by atoms with Gasteiger partial charge in [-0.3, -0.25) is 9.59 Å². The standard InChI is InChI=1S/C33H38N2O3/c1-34(2)28-18-16-25(17-19-28)24-14-12-23(13-15-24)22-35(32(36)26-8-5-4-6-9-26)29-11-7-10-27(20-29)30-21-31(30)33(37)38-3/h7,10-20,26,30-31H,4-6,8-9,21-22H2,1-3H3/t30?,31-/m1/s1/i22D/t22?,30?,31-. The fourth-order valence-corrected chi connectivity index (χ4v) is 5.55. The van der Waals surface area contributed by atoms with E-state index in [0.29, 0.717) is 0 Å². The summed E-state index contributed by atoms with van der Waals surface area (Å²) in [6, 6.07) is 24.3. The van der Waals surface area contributed by atoms with Gasteiger partial charge in [0.1, 0.15) is 0 Å². The van der Waals surface area contributed by atoms with Gasteiger partial charge >= 0.3 is 5.97 Å². The molecule has 2 aliphatic carbocycles. The molecule has 5 heteroatoms. The molecule has 0 radical (unpaired) electrons. The van der Waals surface area contributed by atoms with Crippen LogP contribution >= 0.6 is 0 Å². The van der Waals surface area contributed by atoms with Gasteiger partial charge in [0.05, 0.1) is 20.9 Å². The summed E-state index contributed by atoms with van der Waals surface area (Å²) < 4.78 is 14.2. The number of benzene rings is 3. The van der Waals surface area contributed by atoms with E-state index < -0.39 is 6.52 Å². The zero-order valence-electron chi connectivity index (χ0n) is 23.6. The number of esters is 1. The van der Waals surface area contributed by atoms with Crippen LogP contribution in [-0.2, 0) is 20.8 Å². The van der Waals surface area contributed by atoms with Crippen molar-refractivity contribution < 1.29 is 15.7 Å². The lowest BCUT2D eigenvalue weighted by Gasteiger charge is -2.30. The molecule has 38 heavy (non-hydrogen) atoms. The second-order valence-corrected chi connectivity index (χ2v) is 10.8. The second-order valence-electron chi connectivity index (χ2n) is 10.8. The van der Waals surface area contributed by atoms with Gasteiger partial charge in [0.25, 0.3) is 0 Å². The molecular formula is C33H38N2O3. The number of nitrogens with zero attached hydrogens (tertiary/aromatic N) is 2. The van der Waals surface area contributed by atoms with Crippen molar-refractivity contribution in [2.75, 3.05) is 31.0 Å². The lowest BCUT2D eigenvalue weighted by molar-refractivity contribution is -0.142. The van der Waals surface area contributed by atoms with Gasteiger partial charge in [-0.1, -0.05) is 67.8 Å². The fraction of sp³-hybridized carbons (Fsp3) is 0.394. The van der Waals surface area contributed by atoms with E-state index in [0.717, 1.165) is 72.2 Å². The number of ether oxygens (including phenoxy) is 1. The van der Waals surface area contributed by atoms with Crippen LogP contribution in [0.5, 0.6) is 0 Å². The van der Waals surface area contributed by atoms with E-state index in [-0.39, 0.29) is 29.6 Å². The first kappa shape index (κ1) is 24.7. The second kappa shape index (κ2) is 11.4. The number of hydrogen-bond donors (Lipinski definition) is 0. The highest BCUT2D eigenvalue weighted by atomic mass is 16.5. The highest BCUT2D eigenvalue weighted by Crippen LogP contribution is 2.48. The first-order chi connectivity index (χ1) is 18.9. The number of anilines is 2. The summed E-state index contributed by atoms with van der Waals surface area (Å²) in [7, 11) is 5.47. The molecule has 3 atom stereocenters. The van der Waals surface area contributed by atoms with Crippen LogP contribution in [-0.4, -0.2) is 33.1 Å². The number of amides is 1. The Bertz CT molecular complexity index is 1300. The molecule has 0 bridgehead atoms.